The van der Waals surface area contributed by atoms with Gasteiger partial charge < -0.3 is 14.8 Å². The first kappa shape index (κ1) is 27.4. The Kier molecular flexibility index (Phi) is 8.04. The van der Waals surface area contributed by atoms with Gasteiger partial charge in [-0.15, -0.1) is 0 Å². The third kappa shape index (κ3) is 6.00. The summed E-state index contributed by atoms with van der Waals surface area (Å²) in [7, 11) is 0. The average Bonchev–Trinajstić information content (AvgIpc) is 3.47. The lowest BCUT2D eigenvalue weighted by Crippen LogP contribution is -2.29. The third-order valence-corrected chi connectivity index (χ3v) is 8.39. The van der Waals surface area contributed by atoms with Crippen molar-refractivity contribution in [3.05, 3.63) is 129 Å². The Morgan fingerprint density at radius 3 is 2.59 bits per heavy atom. The van der Waals surface area contributed by atoms with Gasteiger partial charge in [0.25, 0.3) is 0 Å². The first-order valence-electron chi connectivity index (χ1n) is 14.0. The van der Waals surface area contributed by atoms with Crippen molar-refractivity contribution in [3.8, 4) is 11.5 Å². The van der Waals surface area contributed by atoms with Crippen molar-refractivity contribution in [3.63, 3.8) is 0 Å². The largest absolute Gasteiger partial charge is 0.490 e. The topological polar surface area (TPSA) is 42.8 Å². The van der Waals surface area contributed by atoms with Crippen molar-refractivity contribution in [1.29, 1.82) is 0 Å². The van der Waals surface area contributed by atoms with Gasteiger partial charge in [-0.2, -0.15) is 0 Å². The lowest BCUT2D eigenvalue weighted by Gasteiger charge is -2.37. The number of nitrogens with zero attached hydrogens (tertiary/aromatic N) is 1. The van der Waals surface area contributed by atoms with Crippen LogP contribution in [0.4, 0.5) is 11.4 Å². The van der Waals surface area contributed by atoms with Crippen molar-refractivity contribution in [2.45, 2.75) is 38.8 Å². The molecule has 0 bridgehead atoms. The maximum Gasteiger partial charge on any atom is 0.161 e. The lowest BCUT2D eigenvalue weighted by atomic mass is 9.76. The van der Waals surface area contributed by atoms with E-state index in [4.69, 9.17) is 37.7 Å². The summed E-state index contributed by atoms with van der Waals surface area (Å²) in [4.78, 5) is 4.74. The van der Waals surface area contributed by atoms with E-state index in [1.807, 2.05) is 37.4 Å². The highest BCUT2D eigenvalue weighted by atomic mass is 35.5. The van der Waals surface area contributed by atoms with Crippen LogP contribution in [-0.2, 0) is 6.61 Å². The zero-order chi connectivity index (χ0) is 28.3. The fraction of sp³-hybridized carbons (Fsp3) is 0.229. The van der Waals surface area contributed by atoms with Crippen molar-refractivity contribution in [1.82, 2.24) is 0 Å². The van der Waals surface area contributed by atoms with E-state index >= 15 is 0 Å². The maximum absolute atomic E-state index is 6.30. The highest BCUT2D eigenvalue weighted by Crippen LogP contribution is 2.50. The number of hydrogen-bond acceptors (Lipinski definition) is 4. The Morgan fingerprint density at radius 1 is 0.927 bits per heavy atom. The van der Waals surface area contributed by atoms with Crippen LogP contribution in [0.2, 0.25) is 10.0 Å². The van der Waals surface area contributed by atoms with E-state index in [9.17, 15) is 0 Å². The molecule has 0 saturated carbocycles. The van der Waals surface area contributed by atoms with Crippen LogP contribution in [0.15, 0.2) is 96.0 Å². The third-order valence-electron chi connectivity index (χ3n) is 7.80. The molecule has 3 atom stereocenters. The molecular formula is C35H32Cl2N2O2. The van der Waals surface area contributed by atoms with Gasteiger partial charge in [-0.1, -0.05) is 71.2 Å². The Labute approximate surface area is 251 Å². The molecule has 1 N–H and O–H groups in total. The van der Waals surface area contributed by atoms with Crippen LogP contribution in [0.3, 0.4) is 0 Å². The molecule has 6 heteroatoms. The minimum absolute atomic E-state index is 0.271. The number of hydrogen-bond donors (Lipinski definition) is 1. The summed E-state index contributed by atoms with van der Waals surface area (Å²) in [6.07, 6.45) is 7.66. The van der Waals surface area contributed by atoms with Gasteiger partial charge in [-0.25, -0.2) is 0 Å². The number of allylic oxidation sites excluding steroid dienone is 2. The fourth-order valence-corrected chi connectivity index (χ4v) is 6.21. The average molecular weight is 584 g/mol. The molecule has 0 aromatic heterocycles. The molecule has 0 fully saturated rings. The molecule has 41 heavy (non-hydrogen) atoms. The summed E-state index contributed by atoms with van der Waals surface area (Å²) in [6.45, 7) is 4.95. The summed E-state index contributed by atoms with van der Waals surface area (Å²) in [6, 6.07) is 26.8. The second-order valence-corrected chi connectivity index (χ2v) is 11.4. The number of nitrogens with one attached hydrogen (secondary N) is 1. The summed E-state index contributed by atoms with van der Waals surface area (Å²) in [5, 5.41) is 4.99. The quantitative estimate of drug-likeness (QED) is 0.166. The minimum atomic E-state index is 0.271. The van der Waals surface area contributed by atoms with Gasteiger partial charge in [0.2, 0.25) is 0 Å². The Morgan fingerprint density at radius 2 is 1.78 bits per heavy atom. The Balaban J connectivity index is 1.15. The molecule has 4 aromatic rings. The maximum atomic E-state index is 6.30. The number of aliphatic imine (C=N–C) groups is 1. The van der Waals surface area contributed by atoms with E-state index in [-0.39, 0.29) is 6.04 Å². The van der Waals surface area contributed by atoms with Crippen molar-refractivity contribution >= 4 is 40.8 Å². The number of ether oxygens (including phenoxy) is 2. The van der Waals surface area contributed by atoms with Crippen LogP contribution in [0.5, 0.6) is 11.5 Å². The van der Waals surface area contributed by atoms with Gasteiger partial charge in [-0.3, -0.25) is 4.99 Å². The standard InChI is InChI=1S/C35H32Cl2N2O2/c1-3-40-34-18-23(8-16-33(34)41-21-25-9-12-26(36)19-31(25)37)20-38-27-13-10-24(11-14-27)35-29-6-4-5-28(29)30-17-22(2)7-15-32(30)39-35/h4-5,7-20,28-29,35,39H,3,6,21H2,1-2H3/t28-,29+,35+/m1/s1. The van der Waals surface area contributed by atoms with Crippen molar-refractivity contribution < 1.29 is 9.47 Å². The number of halogens is 2. The zero-order valence-corrected chi connectivity index (χ0v) is 24.6. The predicted octanol–water partition coefficient (Wildman–Crippen LogP) is 9.86. The molecule has 4 aromatic carbocycles. The van der Waals surface area contributed by atoms with E-state index < -0.39 is 0 Å². The van der Waals surface area contributed by atoms with E-state index in [0.717, 1.165) is 23.2 Å². The Bertz CT molecular complexity index is 1610. The molecule has 4 nitrogen and oxygen atoms in total. The molecule has 0 amide bonds. The van der Waals surface area contributed by atoms with Crippen LogP contribution in [0.1, 0.15) is 53.1 Å². The normalized spacial score (nSPS) is 19.1. The second kappa shape index (κ2) is 12.0. The van der Waals surface area contributed by atoms with Gasteiger partial charge in [0.05, 0.1) is 18.3 Å². The predicted molar refractivity (Wildman–Crippen MR) is 170 cm³/mol. The molecule has 6 rings (SSSR count). The van der Waals surface area contributed by atoms with Gasteiger partial charge in [-0.05, 0) is 91.4 Å². The molecule has 0 unspecified atom stereocenters. The molecule has 0 spiro atoms. The first-order valence-corrected chi connectivity index (χ1v) is 14.8. The monoisotopic (exact) mass is 582 g/mol. The van der Waals surface area contributed by atoms with E-state index in [1.54, 1.807) is 12.1 Å². The van der Waals surface area contributed by atoms with Gasteiger partial charge >= 0.3 is 0 Å². The fourth-order valence-electron chi connectivity index (χ4n) is 5.75. The Hall–Kier alpha value is -3.73. The molecule has 0 saturated heterocycles. The number of rotatable bonds is 8. The van der Waals surface area contributed by atoms with E-state index in [1.165, 1.54) is 22.4 Å². The summed E-state index contributed by atoms with van der Waals surface area (Å²) < 4.78 is 11.9. The zero-order valence-electron chi connectivity index (χ0n) is 23.1. The van der Waals surface area contributed by atoms with E-state index in [2.05, 4.69) is 66.9 Å². The molecule has 0 radical (unpaired) electrons. The summed E-state index contributed by atoms with van der Waals surface area (Å²) in [5.74, 6) is 2.29. The number of aryl methyl sites for hydroxylation is 1. The summed E-state index contributed by atoms with van der Waals surface area (Å²) >= 11 is 12.3. The smallest absolute Gasteiger partial charge is 0.161 e. The molecule has 1 heterocycles. The van der Waals surface area contributed by atoms with E-state index in [0.29, 0.717) is 46.6 Å². The number of benzene rings is 4. The molecule has 208 valence electrons. The minimum Gasteiger partial charge on any atom is -0.490 e. The molecule has 1 aliphatic carbocycles. The van der Waals surface area contributed by atoms with Crippen LogP contribution in [0.25, 0.3) is 0 Å². The SMILES string of the molecule is CCOc1cc(C=Nc2ccc([C@@H]3Nc4ccc(C)cc4[C@@H]4C=CC[C@@H]43)cc2)ccc1OCc1ccc(Cl)cc1Cl. The second-order valence-electron chi connectivity index (χ2n) is 10.6. The molecule has 2 aliphatic rings. The van der Waals surface area contributed by atoms with Crippen LogP contribution in [0, 0.1) is 12.8 Å². The van der Waals surface area contributed by atoms with Crippen molar-refractivity contribution in [2.75, 3.05) is 11.9 Å². The lowest BCUT2D eigenvalue weighted by molar-refractivity contribution is 0.269. The van der Waals surface area contributed by atoms with Crippen LogP contribution < -0.4 is 14.8 Å². The highest BCUT2D eigenvalue weighted by molar-refractivity contribution is 6.35. The first-order chi connectivity index (χ1) is 20.0. The van der Waals surface area contributed by atoms with Crippen LogP contribution in [-0.4, -0.2) is 12.8 Å². The number of fused-ring (bicyclic) bond motifs is 3. The highest BCUT2D eigenvalue weighted by Gasteiger charge is 2.37. The van der Waals surface area contributed by atoms with Crippen molar-refractivity contribution in [2.24, 2.45) is 10.9 Å². The van der Waals surface area contributed by atoms with Gasteiger partial charge in [0.15, 0.2) is 11.5 Å². The molecule has 1 aliphatic heterocycles. The summed E-state index contributed by atoms with van der Waals surface area (Å²) in [5.41, 5.74) is 7.93. The van der Waals surface area contributed by atoms with Crippen LogP contribution >= 0.6 is 23.2 Å². The van der Waals surface area contributed by atoms with Gasteiger partial charge in [0.1, 0.15) is 6.61 Å². The number of anilines is 1. The molecular weight excluding hydrogens is 551 g/mol. The van der Waals surface area contributed by atoms with Gasteiger partial charge in [0, 0.05) is 33.4 Å².